The largest absolute Gasteiger partial charge is 0.411 e. The molecule has 0 unspecified atom stereocenters. The van der Waals surface area contributed by atoms with E-state index in [4.69, 9.17) is 4.74 Å². The number of rotatable bonds is 2. The third kappa shape index (κ3) is 1.85. The van der Waals surface area contributed by atoms with Gasteiger partial charge in [-0.3, -0.25) is 0 Å². The smallest absolute Gasteiger partial charge is 0.337 e. The van der Waals surface area contributed by atoms with Crippen LogP contribution >= 0.6 is 11.3 Å². The highest BCUT2D eigenvalue weighted by Gasteiger charge is 2.27. The van der Waals surface area contributed by atoms with Crippen LogP contribution in [0.4, 0.5) is 0 Å². The van der Waals surface area contributed by atoms with Crippen molar-refractivity contribution in [3.63, 3.8) is 0 Å². The minimum absolute atomic E-state index is 0.238. The van der Waals surface area contributed by atoms with Gasteiger partial charge in [0.25, 0.3) is 0 Å². The van der Waals surface area contributed by atoms with Crippen LogP contribution in [0.2, 0.25) is 0 Å². The molecule has 1 aromatic heterocycles. The van der Waals surface area contributed by atoms with E-state index >= 15 is 0 Å². The minimum Gasteiger partial charge on any atom is -0.411 e. The quantitative estimate of drug-likeness (QED) is 0.763. The Hall–Kier alpha value is -1.68. The Balaban J connectivity index is 1.93. The van der Waals surface area contributed by atoms with Crippen LogP contribution in [-0.4, -0.2) is 17.9 Å². The van der Waals surface area contributed by atoms with E-state index in [0.717, 1.165) is 0 Å². The molecule has 17 heavy (non-hydrogen) atoms. The highest BCUT2D eigenvalue weighted by atomic mass is 32.1. The second-order valence-electron chi connectivity index (χ2n) is 4.05. The standard InChI is InChI=1S/C13H11NO2S/c1-8-14-11(13(15)16-8)6-9-7-17-12-5-3-2-4-10(9)12/h2-5,7,11H,6H2,1H3/t11-/m1/s1. The number of thiophene rings is 1. The molecule has 3 rings (SSSR count). The van der Waals surface area contributed by atoms with E-state index in [1.54, 1.807) is 18.3 Å². The van der Waals surface area contributed by atoms with Crippen LogP contribution in [0.5, 0.6) is 0 Å². The number of carbonyl (C=O) groups is 1. The Morgan fingerprint density at radius 1 is 1.41 bits per heavy atom. The van der Waals surface area contributed by atoms with Gasteiger partial charge >= 0.3 is 5.97 Å². The zero-order valence-corrected chi connectivity index (χ0v) is 10.2. The van der Waals surface area contributed by atoms with Gasteiger partial charge in [-0.2, -0.15) is 0 Å². The van der Waals surface area contributed by atoms with E-state index in [1.165, 1.54) is 15.6 Å². The van der Waals surface area contributed by atoms with Crippen LogP contribution in [-0.2, 0) is 16.0 Å². The van der Waals surface area contributed by atoms with Crippen molar-refractivity contribution < 1.29 is 9.53 Å². The number of carbonyl (C=O) groups excluding carboxylic acids is 1. The van der Waals surface area contributed by atoms with E-state index in [1.807, 2.05) is 12.1 Å². The Morgan fingerprint density at radius 3 is 3.00 bits per heavy atom. The van der Waals surface area contributed by atoms with Crippen LogP contribution < -0.4 is 0 Å². The fourth-order valence-corrected chi connectivity index (χ4v) is 3.02. The number of hydrogen-bond acceptors (Lipinski definition) is 4. The molecule has 0 bridgehead atoms. The summed E-state index contributed by atoms with van der Waals surface area (Å²) < 4.78 is 6.19. The molecular weight excluding hydrogens is 234 g/mol. The minimum atomic E-state index is -0.368. The van der Waals surface area contributed by atoms with Crippen LogP contribution in [0.1, 0.15) is 12.5 Å². The van der Waals surface area contributed by atoms with Crippen molar-refractivity contribution in [2.45, 2.75) is 19.4 Å². The van der Waals surface area contributed by atoms with E-state index in [9.17, 15) is 4.79 Å². The number of benzene rings is 1. The van der Waals surface area contributed by atoms with Gasteiger partial charge in [-0.05, 0) is 22.4 Å². The maximum Gasteiger partial charge on any atom is 0.337 e. The SMILES string of the molecule is CC1=N[C@H](Cc2csc3ccccc23)C(=O)O1. The van der Waals surface area contributed by atoms with Gasteiger partial charge in [0, 0.05) is 18.0 Å². The van der Waals surface area contributed by atoms with Gasteiger partial charge < -0.3 is 4.74 Å². The van der Waals surface area contributed by atoms with Gasteiger partial charge in [0.15, 0.2) is 11.9 Å². The Kier molecular flexibility index (Phi) is 2.44. The summed E-state index contributed by atoms with van der Waals surface area (Å²) in [5.41, 5.74) is 1.17. The molecule has 0 radical (unpaired) electrons. The first-order chi connectivity index (χ1) is 8.24. The van der Waals surface area contributed by atoms with Gasteiger partial charge in [0.2, 0.25) is 0 Å². The maximum absolute atomic E-state index is 11.5. The molecule has 86 valence electrons. The summed E-state index contributed by atoms with van der Waals surface area (Å²) in [5, 5.41) is 3.31. The van der Waals surface area contributed by atoms with Crippen molar-refractivity contribution in [3.05, 3.63) is 35.2 Å². The molecule has 0 saturated carbocycles. The number of hydrogen-bond donors (Lipinski definition) is 0. The average Bonchev–Trinajstić information content (AvgIpc) is 2.85. The summed E-state index contributed by atoms with van der Waals surface area (Å²) in [6, 6.07) is 7.84. The number of esters is 1. The summed E-state index contributed by atoms with van der Waals surface area (Å²) in [6.07, 6.45) is 0.625. The predicted molar refractivity (Wildman–Crippen MR) is 68.5 cm³/mol. The van der Waals surface area contributed by atoms with Gasteiger partial charge in [-0.1, -0.05) is 18.2 Å². The molecule has 1 aromatic carbocycles. The van der Waals surface area contributed by atoms with Crippen molar-refractivity contribution in [3.8, 4) is 0 Å². The van der Waals surface area contributed by atoms with E-state index in [2.05, 4.69) is 22.5 Å². The van der Waals surface area contributed by atoms with Crippen molar-refractivity contribution in [1.82, 2.24) is 0 Å². The molecule has 0 amide bonds. The Labute approximate surface area is 103 Å². The van der Waals surface area contributed by atoms with Crippen LogP contribution in [0.15, 0.2) is 34.6 Å². The van der Waals surface area contributed by atoms with Gasteiger partial charge in [0.05, 0.1) is 0 Å². The summed E-state index contributed by atoms with van der Waals surface area (Å²) in [4.78, 5) is 15.7. The molecule has 0 spiro atoms. The lowest BCUT2D eigenvalue weighted by molar-refractivity contribution is -0.134. The second-order valence-corrected chi connectivity index (χ2v) is 4.96. The Bertz CT molecular complexity index is 615. The predicted octanol–water partition coefficient (Wildman–Crippen LogP) is 2.79. The molecule has 3 nitrogen and oxygen atoms in total. The molecule has 0 saturated heterocycles. The summed E-state index contributed by atoms with van der Waals surface area (Å²) in [6.45, 7) is 1.71. The highest BCUT2D eigenvalue weighted by Crippen LogP contribution is 2.27. The third-order valence-electron chi connectivity index (χ3n) is 2.83. The van der Waals surface area contributed by atoms with Gasteiger partial charge in [0.1, 0.15) is 0 Å². The third-order valence-corrected chi connectivity index (χ3v) is 3.84. The van der Waals surface area contributed by atoms with Crippen molar-refractivity contribution >= 4 is 33.3 Å². The lowest BCUT2D eigenvalue weighted by Crippen LogP contribution is -2.17. The van der Waals surface area contributed by atoms with Crippen LogP contribution in [0.3, 0.4) is 0 Å². The van der Waals surface area contributed by atoms with Crippen molar-refractivity contribution in [2.24, 2.45) is 4.99 Å². The Morgan fingerprint density at radius 2 is 2.24 bits per heavy atom. The normalized spacial score (nSPS) is 19.5. The van der Waals surface area contributed by atoms with E-state index in [-0.39, 0.29) is 12.0 Å². The molecule has 1 atom stereocenters. The molecule has 4 heteroatoms. The van der Waals surface area contributed by atoms with Crippen LogP contribution in [0.25, 0.3) is 10.1 Å². The molecule has 0 N–H and O–H groups in total. The monoisotopic (exact) mass is 245 g/mol. The van der Waals surface area contributed by atoms with Crippen molar-refractivity contribution in [2.75, 3.05) is 0 Å². The summed E-state index contributed by atoms with van der Waals surface area (Å²) in [7, 11) is 0. The van der Waals surface area contributed by atoms with Crippen LogP contribution in [0, 0.1) is 0 Å². The first-order valence-corrected chi connectivity index (χ1v) is 6.33. The zero-order valence-electron chi connectivity index (χ0n) is 9.34. The highest BCUT2D eigenvalue weighted by molar-refractivity contribution is 7.17. The van der Waals surface area contributed by atoms with Gasteiger partial charge in [-0.15, -0.1) is 11.3 Å². The van der Waals surface area contributed by atoms with E-state index < -0.39 is 0 Å². The van der Waals surface area contributed by atoms with Gasteiger partial charge in [-0.25, -0.2) is 9.79 Å². The number of ether oxygens (including phenoxy) is 1. The lowest BCUT2D eigenvalue weighted by atomic mass is 10.1. The fourth-order valence-electron chi connectivity index (χ4n) is 2.04. The molecule has 1 aliphatic heterocycles. The zero-order chi connectivity index (χ0) is 11.8. The molecule has 2 heterocycles. The number of cyclic esters (lactones) is 1. The average molecular weight is 245 g/mol. The fraction of sp³-hybridized carbons (Fsp3) is 0.231. The number of nitrogens with zero attached hydrogens (tertiary/aromatic N) is 1. The topological polar surface area (TPSA) is 38.7 Å². The second kappa shape index (κ2) is 3.96. The van der Waals surface area contributed by atoms with E-state index in [0.29, 0.717) is 12.3 Å². The first kappa shape index (κ1) is 10.5. The first-order valence-electron chi connectivity index (χ1n) is 5.45. The molecular formula is C13H11NO2S. The maximum atomic E-state index is 11.5. The molecule has 2 aromatic rings. The molecule has 0 aliphatic carbocycles. The number of aliphatic imine (C=N–C) groups is 1. The van der Waals surface area contributed by atoms with Crippen molar-refractivity contribution in [1.29, 1.82) is 0 Å². The summed E-state index contributed by atoms with van der Waals surface area (Å²) in [5.74, 6) is 0.234. The molecule has 1 aliphatic rings. The summed E-state index contributed by atoms with van der Waals surface area (Å²) >= 11 is 1.70. The number of fused-ring (bicyclic) bond motifs is 1. The molecule has 0 fully saturated rings. The lowest BCUT2D eigenvalue weighted by Gasteiger charge is -2.02.